The van der Waals surface area contributed by atoms with Crippen LogP contribution in [-0.2, 0) is 6.61 Å². The number of hydrogen-bond acceptors (Lipinski definition) is 2. The summed E-state index contributed by atoms with van der Waals surface area (Å²) in [6.45, 7) is 4.14. The zero-order valence-electron chi connectivity index (χ0n) is 8.77. The van der Waals surface area contributed by atoms with Gasteiger partial charge in [0.05, 0.1) is 12.7 Å². The van der Waals surface area contributed by atoms with Gasteiger partial charge in [-0.1, -0.05) is 38.1 Å². The van der Waals surface area contributed by atoms with Gasteiger partial charge in [0.15, 0.2) is 0 Å². The first-order valence-corrected chi connectivity index (χ1v) is 5.02. The van der Waals surface area contributed by atoms with Crippen LogP contribution >= 0.6 is 0 Å². The zero-order chi connectivity index (χ0) is 10.6. The maximum absolute atomic E-state index is 9.89. The van der Waals surface area contributed by atoms with Crippen LogP contribution in [0.3, 0.4) is 0 Å². The molecule has 0 radical (unpaired) electrons. The van der Waals surface area contributed by atoms with E-state index in [0.717, 1.165) is 17.5 Å². The van der Waals surface area contributed by atoms with Crippen LogP contribution in [0.1, 0.15) is 37.5 Å². The van der Waals surface area contributed by atoms with Crippen LogP contribution in [0.5, 0.6) is 0 Å². The van der Waals surface area contributed by atoms with Gasteiger partial charge in [-0.25, -0.2) is 0 Å². The summed E-state index contributed by atoms with van der Waals surface area (Å²) in [7, 11) is 0. The first-order valence-electron chi connectivity index (χ1n) is 5.02. The summed E-state index contributed by atoms with van der Waals surface area (Å²) in [6.07, 6.45) is 0.273. The summed E-state index contributed by atoms with van der Waals surface area (Å²) in [4.78, 5) is 0. The molecule has 0 amide bonds. The maximum atomic E-state index is 9.89. The lowest BCUT2D eigenvalue weighted by atomic mass is 9.96. The van der Waals surface area contributed by atoms with Gasteiger partial charge in [0.25, 0.3) is 0 Å². The van der Waals surface area contributed by atoms with Gasteiger partial charge in [-0.3, -0.25) is 0 Å². The monoisotopic (exact) mass is 194 g/mol. The standard InChI is InChI=1S/C12H18O2/c1-9(2)7-12(14)11-6-4-3-5-10(11)8-13/h3-6,9,12-14H,7-8H2,1-2H3. The molecule has 1 unspecified atom stereocenters. The topological polar surface area (TPSA) is 40.5 Å². The van der Waals surface area contributed by atoms with Gasteiger partial charge in [0.1, 0.15) is 0 Å². The molecule has 0 heterocycles. The van der Waals surface area contributed by atoms with Gasteiger partial charge in [-0.15, -0.1) is 0 Å². The molecule has 0 spiro atoms. The largest absolute Gasteiger partial charge is 0.392 e. The fraction of sp³-hybridized carbons (Fsp3) is 0.500. The molecule has 0 saturated carbocycles. The third kappa shape index (κ3) is 2.82. The van der Waals surface area contributed by atoms with Gasteiger partial charge in [0.2, 0.25) is 0 Å². The van der Waals surface area contributed by atoms with Crippen LogP contribution in [0.15, 0.2) is 24.3 Å². The van der Waals surface area contributed by atoms with E-state index in [-0.39, 0.29) is 6.61 Å². The predicted molar refractivity (Wildman–Crippen MR) is 56.8 cm³/mol. The summed E-state index contributed by atoms with van der Waals surface area (Å²) >= 11 is 0. The van der Waals surface area contributed by atoms with Crippen LogP contribution in [-0.4, -0.2) is 10.2 Å². The average molecular weight is 194 g/mol. The molecule has 1 rings (SSSR count). The molecule has 1 aromatic rings. The Bertz CT molecular complexity index is 281. The first kappa shape index (κ1) is 11.2. The molecule has 1 atom stereocenters. The van der Waals surface area contributed by atoms with Crippen molar-refractivity contribution in [1.29, 1.82) is 0 Å². The Morgan fingerprint density at radius 1 is 1.21 bits per heavy atom. The van der Waals surface area contributed by atoms with Crippen LogP contribution in [0.4, 0.5) is 0 Å². The second-order valence-corrected chi connectivity index (χ2v) is 4.00. The zero-order valence-corrected chi connectivity index (χ0v) is 8.77. The van der Waals surface area contributed by atoms with E-state index in [0.29, 0.717) is 5.92 Å². The third-order valence-corrected chi connectivity index (χ3v) is 2.28. The minimum Gasteiger partial charge on any atom is -0.392 e. The Morgan fingerprint density at radius 3 is 2.43 bits per heavy atom. The summed E-state index contributed by atoms with van der Waals surface area (Å²) in [5, 5.41) is 19.0. The smallest absolute Gasteiger partial charge is 0.0796 e. The Hall–Kier alpha value is -0.860. The highest BCUT2D eigenvalue weighted by Crippen LogP contribution is 2.23. The molecule has 78 valence electrons. The van der Waals surface area contributed by atoms with Crippen LogP contribution in [0, 0.1) is 5.92 Å². The van der Waals surface area contributed by atoms with Gasteiger partial charge in [-0.2, -0.15) is 0 Å². The number of aliphatic hydroxyl groups excluding tert-OH is 2. The lowest BCUT2D eigenvalue weighted by Gasteiger charge is -2.16. The van der Waals surface area contributed by atoms with E-state index in [2.05, 4.69) is 13.8 Å². The van der Waals surface area contributed by atoms with E-state index in [1.165, 1.54) is 0 Å². The van der Waals surface area contributed by atoms with Crippen molar-refractivity contribution in [3.8, 4) is 0 Å². The normalized spacial score (nSPS) is 13.2. The summed E-state index contributed by atoms with van der Waals surface area (Å²) in [5.41, 5.74) is 1.67. The summed E-state index contributed by atoms with van der Waals surface area (Å²) < 4.78 is 0. The Kier molecular flexibility index (Phi) is 4.11. The average Bonchev–Trinajstić information content (AvgIpc) is 2.16. The van der Waals surface area contributed by atoms with Crippen molar-refractivity contribution in [3.63, 3.8) is 0 Å². The Balaban J connectivity index is 2.82. The first-order chi connectivity index (χ1) is 6.65. The van der Waals surface area contributed by atoms with Crippen LogP contribution in [0.2, 0.25) is 0 Å². The van der Waals surface area contributed by atoms with E-state index in [4.69, 9.17) is 5.11 Å². The van der Waals surface area contributed by atoms with E-state index in [1.807, 2.05) is 24.3 Å². The number of rotatable bonds is 4. The van der Waals surface area contributed by atoms with Gasteiger partial charge >= 0.3 is 0 Å². The molecule has 14 heavy (non-hydrogen) atoms. The minimum atomic E-state index is -0.460. The van der Waals surface area contributed by atoms with Crippen molar-refractivity contribution >= 4 is 0 Å². The van der Waals surface area contributed by atoms with Crippen molar-refractivity contribution in [2.75, 3.05) is 0 Å². The minimum absolute atomic E-state index is 0.00860. The number of benzene rings is 1. The second-order valence-electron chi connectivity index (χ2n) is 4.00. The highest BCUT2D eigenvalue weighted by molar-refractivity contribution is 5.28. The van der Waals surface area contributed by atoms with E-state index in [1.54, 1.807) is 0 Å². The fourth-order valence-electron chi connectivity index (χ4n) is 1.58. The van der Waals surface area contributed by atoms with Crippen molar-refractivity contribution in [3.05, 3.63) is 35.4 Å². The highest BCUT2D eigenvalue weighted by Gasteiger charge is 2.12. The van der Waals surface area contributed by atoms with Gasteiger partial charge in [0, 0.05) is 0 Å². The number of aliphatic hydroxyl groups is 2. The predicted octanol–water partition coefficient (Wildman–Crippen LogP) is 2.26. The van der Waals surface area contributed by atoms with E-state index in [9.17, 15) is 5.11 Å². The molecular weight excluding hydrogens is 176 g/mol. The Labute approximate surface area is 85.2 Å². The molecule has 0 saturated heterocycles. The molecule has 0 aliphatic carbocycles. The molecule has 0 aliphatic rings. The molecule has 1 aromatic carbocycles. The summed E-state index contributed by atoms with van der Waals surface area (Å²) in [6, 6.07) is 7.48. The molecule has 0 aromatic heterocycles. The quantitative estimate of drug-likeness (QED) is 0.771. The summed E-state index contributed by atoms with van der Waals surface area (Å²) in [5.74, 6) is 0.455. The number of hydrogen-bond donors (Lipinski definition) is 2. The van der Waals surface area contributed by atoms with Crippen LogP contribution < -0.4 is 0 Å². The maximum Gasteiger partial charge on any atom is 0.0796 e. The second kappa shape index (κ2) is 5.13. The highest BCUT2D eigenvalue weighted by atomic mass is 16.3. The van der Waals surface area contributed by atoms with Crippen molar-refractivity contribution < 1.29 is 10.2 Å². The Morgan fingerprint density at radius 2 is 1.86 bits per heavy atom. The van der Waals surface area contributed by atoms with Crippen molar-refractivity contribution in [2.24, 2.45) is 5.92 Å². The van der Waals surface area contributed by atoms with Gasteiger partial charge in [-0.05, 0) is 23.5 Å². The lowest BCUT2D eigenvalue weighted by Crippen LogP contribution is -2.05. The molecule has 2 nitrogen and oxygen atoms in total. The van der Waals surface area contributed by atoms with Crippen molar-refractivity contribution in [2.45, 2.75) is 33.0 Å². The molecule has 2 heteroatoms. The lowest BCUT2D eigenvalue weighted by molar-refractivity contribution is 0.147. The SMILES string of the molecule is CC(C)CC(O)c1ccccc1CO. The third-order valence-electron chi connectivity index (χ3n) is 2.28. The molecule has 0 bridgehead atoms. The van der Waals surface area contributed by atoms with Crippen molar-refractivity contribution in [1.82, 2.24) is 0 Å². The molecule has 0 aliphatic heterocycles. The molecule has 0 fully saturated rings. The van der Waals surface area contributed by atoms with E-state index >= 15 is 0 Å². The molecular formula is C12H18O2. The van der Waals surface area contributed by atoms with Gasteiger partial charge < -0.3 is 10.2 Å². The fourth-order valence-corrected chi connectivity index (χ4v) is 1.58. The molecule has 2 N–H and O–H groups in total. The van der Waals surface area contributed by atoms with Crippen LogP contribution in [0.25, 0.3) is 0 Å². The van der Waals surface area contributed by atoms with E-state index < -0.39 is 6.10 Å².